The molecule has 0 fully saturated rings. The van der Waals surface area contributed by atoms with Gasteiger partial charge >= 0.3 is 0 Å². The van der Waals surface area contributed by atoms with E-state index in [0.717, 1.165) is 4.47 Å². The summed E-state index contributed by atoms with van der Waals surface area (Å²) < 4.78 is 0.755. The molecule has 1 aromatic heterocycles. The zero-order valence-corrected chi connectivity index (χ0v) is 12.6. The van der Waals surface area contributed by atoms with Crippen LogP contribution < -0.4 is 5.32 Å². The van der Waals surface area contributed by atoms with Gasteiger partial charge in [0.1, 0.15) is 11.2 Å². The smallest absolute Gasteiger partial charge is 0.281 e. The molecule has 0 spiro atoms. The lowest BCUT2D eigenvalue weighted by atomic mass is 10.1. The molecule has 2 rings (SSSR count). The van der Waals surface area contributed by atoms with Crippen LogP contribution in [0.2, 0.25) is 0 Å². The van der Waals surface area contributed by atoms with Crippen LogP contribution in [-0.2, 0) is 0 Å². The zero-order valence-electron chi connectivity index (χ0n) is 11.1. The maximum absolute atomic E-state index is 11.2. The van der Waals surface area contributed by atoms with E-state index in [4.69, 9.17) is 0 Å². The van der Waals surface area contributed by atoms with Crippen molar-refractivity contribution in [3.8, 4) is 0 Å². The van der Waals surface area contributed by atoms with Crippen molar-refractivity contribution in [2.24, 2.45) is 0 Å². The van der Waals surface area contributed by atoms with Gasteiger partial charge in [0.15, 0.2) is 0 Å². The van der Waals surface area contributed by atoms with E-state index in [1.54, 1.807) is 32.2 Å². The summed E-state index contributed by atoms with van der Waals surface area (Å²) in [6.45, 7) is 3.46. The predicted octanol–water partition coefficient (Wildman–Crippen LogP) is 3.09. The molecule has 0 saturated carbocycles. The van der Waals surface area contributed by atoms with Gasteiger partial charge in [0.25, 0.3) is 5.69 Å². The van der Waals surface area contributed by atoms with E-state index in [1.165, 1.54) is 6.07 Å². The number of nitrogens with one attached hydrogen (secondary N) is 1. The molecular weight excluding hydrogens is 326 g/mol. The van der Waals surface area contributed by atoms with Crippen molar-refractivity contribution >= 4 is 38.2 Å². The Bertz CT molecular complexity index is 673. The average molecular weight is 340 g/mol. The fourth-order valence-electron chi connectivity index (χ4n) is 1.85. The van der Waals surface area contributed by atoms with Gasteiger partial charge in [0, 0.05) is 22.1 Å². The van der Waals surface area contributed by atoms with Crippen molar-refractivity contribution in [2.45, 2.75) is 19.4 Å². The number of nitro benzene ring substituents is 1. The summed E-state index contributed by atoms with van der Waals surface area (Å²) in [5.74, 6) is 0.384. The highest BCUT2D eigenvalue weighted by Gasteiger charge is 2.22. The van der Waals surface area contributed by atoms with Crippen LogP contribution in [0.3, 0.4) is 0 Å². The Balaban J connectivity index is 2.72. The first kappa shape index (κ1) is 14.7. The number of nitrogens with zero attached hydrogens (tertiary/aromatic N) is 2. The Morgan fingerprint density at radius 2 is 2.15 bits per heavy atom. The van der Waals surface area contributed by atoms with Gasteiger partial charge in [-0.05, 0) is 26.0 Å². The first-order chi connectivity index (χ1) is 9.35. The second-order valence-electron chi connectivity index (χ2n) is 5.07. The fraction of sp³-hybridized carbons (Fsp3) is 0.308. The van der Waals surface area contributed by atoms with Gasteiger partial charge in [-0.3, -0.25) is 10.1 Å². The summed E-state index contributed by atoms with van der Waals surface area (Å²) in [4.78, 5) is 14.9. The number of nitro groups is 1. The lowest BCUT2D eigenvalue weighted by Crippen LogP contribution is -2.35. The van der Waals surface area contributed by atoms with Crippen LogP contribution in [0.15, 0.2) is 28.9 Å². The average Bonchev–Trinajstić information content (AvgIpc) is 2.39. The molecule has 0 saturated heterocycles. The van der Waals surface area contributed by atoms with E-state index in [2.05, 4.69) is 26.2 Å². The van der Waals surface area contributed by atoms with Crippen LogP contribution in [0, 0.1) is 10.1 Å². The lowest BCUT2D eigenvalue weighted by molar-refractivity contribution is -0.383. The summed E-state index contributed by atoms with van der Waals surface area (Å²) >= 11 is 3.38. The summed E-state index contributed by atoms with van der Waals surface area (Å²) in [5, 5.41) is 24.7. The van der Waals surface area contributed by atoms with Gasteiger partial charge in [-0.1, -0.05) is 15.9 Å². The summed E-state index contributed by atoms with van der Waals surface area (Å²) in [6, 6.07) is 4.79. The highest BCUT2D eigenvalue weighted by atomic mass is 79.9. The number of hydrogen-bond donors (Lipinski definition) is 2. The van der Waals surface area contributed by atoms with Crippen molar-refractivity contribution in [3.63, 3.8) is 0 Å². The van der Waals surface area contributed by atoms with E-state index < -0.39 is 10.5 Å². The fourth-order valence-corrected chi connectivity index (χ4v) is 2.31. The Kier molecular flexibility index (Phi) is 3.92. The quantitative estimate of drug-likeness (QED) is 0.660. The number of anilines is 1. The molecule has 20 heavy (non-hydrogen) atoms. The molecule has 0 aliphatic heterocycles. The lowest BCUT2D eigenvalue weighted by Gasteiger charge is -2.24. The Labute approximate surface area is 124 Å². The molecule has 0 radical (unpaired) electrons. The van der Waals surface area contributed by atoms with E-state index in [1.807, 2.05) is 0 Å². The molecule has 0 aliphatic carbocycles. The Morgan fingerprint density at radius 3 is 2.75 bits per heavy atom. The van der Waals surface area contributed by atoms with Gasteiger partial charge in [-0.15, -0.1) is 0 Å². The molecular formula is C13H14BrN3O3. The van der Waals surface area contributed by atoms with Gasteiger partial charge in [0.05, 0.1) is 17.1 Å². The van der Waals surface area contributed by atoms with E-state index in [9.17, 15) is 15.2 Å². The molecule has 0 aliphatic rings. The molecule has 0 unspecified atom stereocenters. The third-order valence-electron chi connectivity index (χ3n) is 2.90. The minimum absolute atomic E-state index is 0.0208. The number of benzene rings is 1. The van der Waals surface area contributed by atoms with Crippen molar-refractivity contribution < 1.29 is 10.0 Å². The summed E-state index contributed by atoms with van der Waals surface area (Å²) in [7, 11) is 0. The number of aromatic nitrogens is 1. The summed E-state index contributed by atoms with van der Waals surface area (Å²) in [6.07, 6.45) is 1.58. The number of hydrogen-bond acceptors (Lipinski definition) is 5. The number of aliphatic hydroxyl groups excluding tert-OH is 1. The van der Waals surface area contributed by atoms with E-state index >= 15 is 0 Å². The van der Waals surface area contributed by atoms with Crippen LogP contribution in [-0.4, -0.2) is 27.2 Å². The molecule has 2 N–H and O–H groups in total. The van der Waals surface area contributed by atoms with E-state index in [-0.39, 0.29) is 12.3 Å². The number of non-ortho nitro benzene ring substituents is 1. The standard InChI is InChI=1S/C13H14BrN3O3/c1-13(2,7-18)16-12-11-8(5-6-15-12)9(14)3-4-10(11)17(19)20/h3-6,18H,7H2,1-2H3,(H,15,16). The third-order valence-corrected chi connectivity index (χ3v) is 3.59. The largest absolute Gasteiger partial charge is 0.394 e. The third kappa shape index (κ3) is 2.73. The normalized spacial score (nSPS) is 11.6. The van der Waals surface area contributed by atoms with Gasteiger partial charge in [0.2, 0.25) is 0 Å². The van der Waals surface area contributed by atoms with Gasteiger partial charge in [-0.25, -0.2) is 4.98 Å². The molecule has 1 aromatic carbocycles. The Morgan fingerprint density at radius 1 is 1.45 bits per heavy atom. The second-order valence-corrected chi connectivity index (χ2v) is 5.93. The summed E-state index contributed by atoms with van der Waals surface area (Å²) in [5.41, 5.74) is -0.648. The Hall–Kier alpha value is -1.73. The van der Waals surface area contributed by atoms with Crippen molar-refractivity contribution in [1.82, 2.24) is 4.98 Å². The topological polar surface area (TPSA) is 88.3 Å². The number of aliphatic hydroxyl groups is 1. The van der Waals surface area contributed by atoms with Crippen molar-refractivity contribution in [2.75, 3.05) is 11.9 Å². The minimum Gasteiger partial charge on any atom is -0.394 e. The van der Waals surface area contributed by atoms with Gasteiger partial charge in [-0.2, -0.15) is 0 Å². The predicted molar refractivity (Wildman–Crippen MR) is 80.9 cm³/mol. The maximum Gasteiger partial charge on any atom is 0.281 e. The van der Waals surface area contributed by atoms with Crippen LogP contribution in [0.25, 0.3) is 10.8 Å². The number of fused-ring (bicyclic) bond motifs is 1. The minimum atomic E-state index is -0.628. The second kappa shape index (κ2) is 5.34. The maximum atomic E-state index is 11.2. The monoisotopic (exact) mass is 339 g/mol. The van der Waals surface area contributed by atoms with Crippen molar-refractivity contribution in [1.29, 1.82) is 0 Å². The molecule has 0 bridgehead atoms. The van der Waals surface area contributed by atoms with Crippen LogP contribution >= 0.6 is 15.9 Å². The molecule has 6 nitrogen and oxygen atoms in total. The molecule has 1 heterocycles. The van der Waals surface area contributed by atoms with Crippen molar-refractivity contribution in [3.05, 3.63) is 39.0 Å². The van der Waals surface area contributed by atoms with Crippen LogP contribution in [0.1, 0.15) is 13.8 Å². The first-order valence-corrected chi connectivity index (χ1v) is 6.76. The first-order valence-electron chi connectivity index (χ1n) is 5.96. The number of rotatable bonds is 4. The molecule has 106 valence electrons. The number of halogens is 1. The van der Waals surface area contributed by atoms with E-state index in [0.29, 0.717) is 16.6 Å². The van der Waals surface area contributed by atoms with Crippen LogP contribution in [0.4, 0.5) is 11.5 Å². The SMILES string of the molecule is CC(C)(CO)Nc1nccc2c(Br)ccc([N+](=O)[O-])c12. The van der Waals surface area contributed by atoms with Crippen LogP contribution in [0.5, 0.6) is 0 Å². The highest BCUT2D eigenvalue weighted by molar-refractivity contribution is 9.10. The molecule has 0 amide bonds. The van der Waals surface area contributed by atoms with Gasteiger partial charge < -0.3 is 10.4 Å². The number of pyridine rings is 1. The molecule has 2 aromatic rings. The highest BCUT2D eigenvalue weighted by Crippen LogP contribution is 2.36. The molecule has 0 atom stereocenters. The molecule has 7 heteroatoms. The zero-order chi connectivity index (χ0) is 14.9.